The second-order valence-electron chi connectivity index (χ2n) is 12.4. The van der Waals surface area contributed by atoms with Gasteiger partial charge in [-0.1, -0.05) is 54.6 Å². The SMILES string of the molecule is COc1ccc(C(OC[C@H]2O[C@@H](n3cc(C)c(=O)[nH]c3=O)C[C@@H]2OP(F)(=S)OC(C)(C)C)(c2ccccc2)c2ccc(OC)cc2)cc1. The van der Waals surface area contributed by atoms with Crippen molar-refractivity contribution in [3.8, 4) is 11.5 Å². The van der Waals surface area contributed by atoms with E-state index in [1.165, 1.54) is 10.8 Å². The van der Waals surface area contributed by atoms with Crippen LogP contribution in [0, 0.1) is 6.92 Å². The summed E-state index contributed by atoms with van der Waals surface area (Å²) < 4.78 is 52.8. The molecule has 0 amide bonds. The number of ether oxygens (including phenoxy) is 4. The van der Waals surface area contributed by atoms with Crippen LogP contribution in [-0.2, 0) is 35.9 Å². The molecule has 1 aromatic heterocycles. The van der Waals surface area contributed by atoms with E-state index in [-0.39, 0.29) is 13.0 Å². The van der Waals surface area contributed by atoms with Crippen molar-refractivity contribution in [2.75, 3.05) is 20.8 Å². The molecule has 13 heteroatoms. The number of hydrogen-bond donors (Lipinski definition) is 1. The second kappa shape index (κ2) is 14.5. The summed E-state index contributed by atoms with van der Waals surface area (Å²) in [6, 6.07) is 24.8. The molecule has 0 saturated carbocycles. The molecule has 0 bridgehead atoms. The number of rotatable bonds is 12. The smallest absolute Gasteiger partial charge is 0.366 e. The fraction of sp³-hybridized carbons (Fsp3) is 0.371. The predicted molar refractivity (Wildman–Crippen MR) is 184 cm³/mol. The molecule has 48 heavy (non-hydrogen) atoms. The van der Waals surface area contributed by atoms with Crippen molar-refractivity contribution in [3.05, 3.63) is 128 Å². The van der Waals surface area contributed by atoms with Crippen LogP contribution in [0.5, 0.6) is 11.5 Å². The summed E-state index contributed by atoms with van der Waals surface area (Å²) in [6.07, 6.45) is -1.34. The van der Waals surface area contributed by atoms with E-state index >= 15 is 4.20 Å². The van der Waals surface area contributed by atoms with Crippen LogP contribution >= 0.6 is 6.80 Å². The molecular formula is C35H40FN2O8PS. The summed E-state index contributed by atoms with van der Waals surface area (Å²) in [5.41, 5.74) is -0.599. The summed E-state index contributed by atoms with van der Waals surface area (Å²) in [5, 5.41) is 0. The fourth-order valence-electron chi connectivity index (χ4n) is 5.72. The Labute approximate surface area is 284 Å². The third kappa shape index (κ3) is 7.97. The summed E-state index contributed by atoms with van der Waals surface area (Å²) >= 11 is 5.20. The zero-order chi connectivity index (χ0) is 34.7. The number of halogens is 1. The van der Waals surface area contributed by atoms with E-state index in [0.29, 0.717) is 17.1 Å². The monoisotopic (exact) mass is 698 g/mol. The quantitative estimate of drug-likeness (QED) is 0.130. The zero-order valence-corrected chi connectivity index (χ0v) is 29.4. The van der Waals surface area contributed by atoms with Gasteiger partial charge < -0.3 is 18.9 Å². The summed E-state index contributed by atoms with van der Waals surface area (Å²) in [7, 11) is 3.19. The summed E-state index contributed by atoms with van der Waals surface area (Å²) in [4.78, 5) is 27.3. The highest BCUT2D eigenvalue weighted by Gasteiger charge is 2.45. The molecule has 0 radical (unpaired) electrons. The zero-order valence-electron chi connectivity index (χ0n) is 27.7. The van der Waals surface area contributed by atoms with E-state index in [1.807, 2.05) is 78.9 Å². The molecule has 5 rings (SSSR count). The van der Waals surface area contributed by atoms with Crippen molar-refractivity contribution in [1.82, 2.24) is 9.55 Å². The van der Waals surface area contributed by atoms with Gasteiger partial charge in [0.05, 0.1) is 26.4 Å². The van der Waals surface area contributed by atoms with E-state index in [9.17, 15) is 9.59 Å². The topological polar surface area (TPSA) is 110 Å². The van der Waals surface area contributed by atoms with Gasteiger partial charge in [0, 0.05) is 18.2 Å². The Morgan fingerprint density at radius 1 is 0.917 bits per heavy atom. The normalized spacial score (nSPS) is 19.5. The van der Waals surface area contributed by atoms with Gasteiger partial charge in [-0.15, -0.1) is 0 Å². The van der Waals surface area contributed by atoms with Crippen molar-refractivity contribution >= 4 is 18.6 Å². The maximum Gasteiger partial charge on any atom is 0.366 e. The first-order chi connectivity index (χ1) is 22.7. The number of nitrogens with one attached hydrogen (secondary N) is 1. The Morgan fingerprint density at radius 3 is 1.98 bits per heavy atom. The van der Waals surface area contributed by atoms with Crippen LogP contribution in [0.4, 0.5) is 4.20 Å². The molecule has 4 aromatic rings. The van der Waals surface area contributed by atoms with Gasteiger partial charge in [0.15, 0.2) is 0 Å². The van der Waals surface area contributed by atoms with E-state index in [0.717, 1.165) is 16.7 Å². The lowest BCUT2D eigenvalue weighted by atomic mass is 9.80. The lowest BCUT2D eigenvalue weighted by molar-refractivity contribution is -0.0930. The first-order valence-corrected chi connectivity index (χ1v) is 17.9. The van der Waals surface area contributed by atoms with Gasteiger partial charge in [0.2, 0.25) is 0 Å². The van der Waals surface area contributed by atoms with Gasteiger partial charge >= 0.3 is 12.5 Å². The van der Waals surface area contributed by atoms with Gasteiger partial charge in [-0.2, -0.15) is 4.20 Å². The molecule has 2 heterocycles. The molecule has 4 atom stereocenters. The van der Waals surface area contributed by atoms with Crippen molar-refractivity contribution in [1.29, 1.82) is 0 Å². The first kappa shape index (κ1) is 35.7. The van der Waals surface area contributed by atoms with Crippen molar-refractivity contribution in [2.24, 2.45) is 0 Å². The predicted octanol–water partition coefficient (Wildman–Crippen LogP) is 6.55. The number of aromatic nitrogens is 2. The number of hydrogen-bond acceptors (Lipinski definition) is 9. The van der Waals surface area contributed by atoms with E-state index < -0.39 is 47.7 Å². The van der Waals surface area contributed by atoms with Crippen LogP contribution in [0.15, 0.2) is 94.6 Å². The highest BCUT2D eigenvalue weighted by atomic mass is 32.5. The maximum absolute atomic E-state index is 15.8. The van der Waals surface area contributed by atoms with E-state index in [4.69, 9.17) is 39.8 Å². The van der Waals surface area contributed by atoms with Crippen molar-refractivity contribution in [3.63, 3.8) is 0 Å². The van der Waals surface area contributed by atoms with Crippen molar-refractivity contribution < 1.29 is 32.2 Å². The number of H-pyrrole nitrogens is 1. The number of methoxy groups -OCH3 is 2. The molecule has 1 fully saturated rings. The molecule has 1 unspecified atom stereocenters. The number of nitrogens with zero attached hydrogens (tertiary/aromatic N) is 1. The molecule has 0 aliphatic carbocycles. The number of aromatic amines is 1. The molecule has 1 aliphatic heterocycles. The number of benzene rings is 3. The largest absolute Gasteiger partial charge is 0.497 e. The average Bonchev–Trinajstić information content (AvgIpc) is 3.44. The van der Waals surface area contributed by atoms with Crippen molar-refractivity contribution in [2.45, 2.75) is 63.8 Å². The third-order valence-corrected chi connectivity index (χ3v) is 9.69. The molecule has 256 valence electrons. The fourth-order valence-corrected chi connectivity index (χ4v) is 7.97. The standard InChI is InChI=1S/C35H40FN2O8PS/c1-23-21-38(33(40)37-32(23)39)31-20-29(45-47(36,48)46-34(2,3)4)30(44-31)22-43-35(24-10-8-7-9-11-24,25-12-16-27(41-5)17-13-25)26-14-18-28(42-6)19-15-26/h7-19,21,29-31H,20,22H2,1-6H3,(H,37,39,40)/t29-,30+,31+,47?/m0/s1. The molecule has 3 aromatic carbocycles. The van der Waals surface area contributed by atoms with E-state index in [1.54, 1.807) is 41.9 Å². The lowest BCUT2D eigenvalue weighted by Gasteiger charge is -2.37. The Kier molecular flexibility index (Phi) is 10.7. The molecule has 10 nitrogen and oxygen atoms in total. The van der Waals surface area contributed by atoms with Gasteiger partial charge in [-0.25, -0.2) is 4.79 Å². The van der Waals surface area contributed by atoms with E-state index in [2.05, 4.69) is 4.98 Å². The van der Waals surface area contributed by atoms with Crippen LogP contribution < -0.4 is 20.7 Å². The third-order valence-electron chi connectivity index (χ3n) is 7.92. The highest BCUT2D eigenvalue weighted by Crippen LogP contribution is 2.56. The Morgan fingerprint density at radius 2 is 1.46 bits per heavy atom. The molecule has 1 aliphatic rings. The minimum absolute atomic E-state index is 0.0403. The first-order valence-electron chi connectivity index (χ1n) is 15.4. The molecule has 1 saturated heterocycles. The Hall–Kier alpha value is -3.64. The minimum atomic E-state index is -4.28. The highest BCUT2D eigenvalue weighted by molar-refractivity contribution is 8.07. The Balaban J connectivity index is 1.59. The molecule has 0 spiro atoms. The van der Waals surface area contributed by atoms with Gasteiger partial charge in [-0.05, 0) is 80.5 Å². The Bertz CT molecular complexity index is 1810. The molecular weight excluding hydrogens is 658 g/mol. The van der Waals surface area contributed by atoms with Crippen LogP contribution in [-0.4, -0.2) is 48.2 Å². The second-order valence-corrected chi connectivity index (χ2v) is 15.0. The lowest BCUT2D eigenvalue weighted by Crippen LogP contribution is -2.38. The number of aryl methyl sites for hydroxylation is 1. The summed E-state index contributed by atoms with van der Waals surface area (Å²) in [6.45, 7) is 2.24. The van der Waals surface area contributed by atoms with Gasteiger partial charge in [0.1, 0.15) is 35.5 Å². The van der Waals surface area contributed by atoms with Crippen LogP contribution in [0.25, 0.3) is 0 Å². The average molecular weight is 699 g/mol. The van der Waals surface area contributed by atoms with Crippen LogP contribution in [0.2, 0.25) is 0 Å². The summed E-state index contributed by atoms with van der Waals surface area (Å²) in [5.74, 6) is 1.33. The van der Waals surface area contributed by atoms with Gasteiger partial charge in [-0.3, -0.25) is 23.4 Å². The van der Waals surface area contributed by atoms with Crippen LogP contribution in [0.1, 0.15) is 55.7 Å². The van der Waals surface area contributed by atoms with Crippen LogP contribution in [0.3, 0.4) is 0 Å². The van der Waals surface area contributed by atoms with Gasteiger partial charge in [0.25, 0.3) is 5.56 Å². The molecule has 1 N–H and O–H groups in total. The maximum atomic E-state index is 15.8. The minimum Gasteiger partial charge on any atom is -0.497 e.